The molecule has 0 radical (unpaired) electrons. The molecule has 0 aromatic rings. The number of rotatable bonds is 1. The summed E-state index contributed by atoms with van der Waals surface area (Å²) in [6.07, 6.45) is 4.98. The van der Waals surface area contributed by atoms with Gasteiger partial charge < -0.3 is 4.79 Å². The predicted octanol–water partition coefficient (Wildman–Crippen LogP) is 1.72. The zero-order valence-corrected chi connectivity index (χ0v) is 6.82. The van der Waals surface area contributed by atoms with Crippen LogP contribution in [0.2, 0.25) is 0 Å². The third-order valence-corrected chi connectivity index (χ3v) is 4.13. The Balaban J connectivity index is 1.97. The molecule has 2 heteroatoms. The Morgan fingerprint density at radius 2 is 2.50 bits per heavy atom. The van der Waals surface area contributed by atoms with Crippen molar-refractivity contribution in [3.05, 3.63) is 0 Å². The maximum absolute atomic E-state index is 10.4. The molecule has 0 aromatic carbocycles. The van der Waals surface area contributed by atoms with Gasteiger partial charge in [-0.3, -0.25) is 0 Å². The first kappa shape index (κ1) is 6.71. The van der Waals surface area contributed by atoms with E-state index < -0.39 is 0 Å². The van der Waals surface area contributed by atoms with E-state index in [4.69, 9.17) is 0 Å². The van der Waals surface area contributed by atoms with Crippen molar-refractivity contribution in [2.24, 2.45) is 11.3 Å². The SMILES string of the molecule is O=CC1CC12CCCSC2. The summed E-state index contributed by atoms with van der Waals surface area (Å²) in [4.78, 5) is 10.4. The van der Waals surface area contributed by atoms with Crippen molar-refractivity contribution in [1.82, 2.24) is 0 Å². The van der Waals surface area contributed by atoms with E-state index in [1.807, 2.05) is 11.8 Å². The van der Waals surface area contributed by atoms with Crippen LogP contribution in [0.4, 0.5) is 0 Å². The van der Waals surface area contributed by atoms with Crippen LogP contribution < -0.4 is 0 Å². The van der Waals surface area contributed by atoms with Gasteiger partial charge in [-0.2, -0.15) is 11.8 Å². The molecule has 10 heavy (non-hydrogen) atoms. The summed E-state index contributed by atoms with van der Waals surface area (Å²) in [5, 5.41) is 0. The molecule has 2 rings (SSSR count). The van der Waals surface area contributed by atoms with Crippen molar-refractivity contribution in [3.63, 3.8) is 0 Å². The minimum Gasteiger partial charge on any atom is -0.303 e. The maximum atomic E-state index is 10.4. The van der Waals surface area contributed by atoms with Crippen LogP contribution in [0.3, 0.4) is 0 Å². The Labute approximate surface area is 65.6 Å². The lowest BCUT2D eigenvalue weighted by Crippen LogP contribution is -2.14. The second-order valence-electron chi connectivity index (χ2n) is 3.47. The highest BCUT2D eigenvalue weighted by molar-refractivity contribution is 7.99. The Kier molecular flexibility index (Phi) is 1.52. The molecule has 0 bridgehead atoms. The number of carbonyl (C=O) groups excluding carboxylic acids is 1. The van der Waals surface area contributed by atoms with E-state index in [1.165, 1.54) is 30.8 Å². The van der Waals surface area contributed by atoms with E-state index >= 15 is 0 Å². The molecule has 1 aliphatic carbocycles. The highest BCUT2D eigenvalue weighted by atomic mass is 32.2. The highest BCUT2D eigenvalue weighted by Crippen LogP contribution is 2.58. The molecule has 1 spiro atoms. The lowest BCUT2D eigenvalue weighted by molar-refractivity contribution is -0.109. The van der Waals surface area contributed by atoms with Crippen LogP contribution in [0.15, 0.2) is 0 Å². The zero-order chi connectivity index (χ0) is 7.03. The molecule has 2 atom stereocenters. The average molecular weight is 156 g/mol. The van der Waals surface area contributed by atoms with Gasteiger partial charge in [-0.1, -0.05) is 0 Å². The molecule has 1 nitrogen and oxygen atoms in total. The summed E-state index contributed by atoms with van der Waals surface area (Å²) in [6.45, 7) is 0. The summed E-state index contributed by atoms with van der Waals surface area (Å²) >= 11 is 2.02. The first-order valence-electron chi connectivity index (χ1n) is 3.90. The van der Waals surface area contributed by atoms with E-state index in [0.717, 1.165) is 6.29 Å². The van der Waals surface area contributed by atoms with Crippen molar-refractivity contribution >= 4 is 18.0 Å². The first-order chi connectivity index (χ1) is 4.87. The van der Waals surface area contributed by atoms with Crippen molar-refractivity contribution in [2.75, 3.05) is 11.5 Å². The van der Waals surface area contributed by atoms with Gasteiger partial charge in [0.2, 0.25) is 0 Å². The minimum atomic E-state index is 0.431. The number of carbonyl (C=O) groups is 1. The number of hydrogen-bond acceptors (Lipinski definition) is 2. The van der Waals surface area contributed by atoms with Crippen LogP contribution in [-0.4, -0.2) is 17.8 Å². The predicted molar refractivity (Wildman–Crippen MR) is 43.2 cm³/mol. The lowest BCUT2D eigenvalue weighted by atomic mass is 10.00. The van der Waals surface area contributed by atoms with Gasteiger partial charge in [0, 0.05) is 5.92 Å². The van der Waals surface area contributed by atoms with Gasteiger partial charge in [-0.05, 0) is 36.2 Å². The highest BCUT2D eigenvalue weighted by Gasteiger charge is 2.53. The normalized spacial score (nSPS) is 45.4. The monoisotopic (exact) mass is 156 g/mol. The van der Waals surface area contributed by atoms with Gasteiger partial charge in [0.25, 0.3) is 0 Å². The van der Waals surface area contributed by atoms with E-state index in [2.05, 4.69) is 0 Å². The van der Waals surface area contributed by atoms with E-state index in [1.54, 1.807) is 0 Å². The van der Waals surface area contributed by atoms with Gasteiger partial charge in [0.1, 0.15) is 6.29 Å². The van der Waals surface area contributed by atoms with Crippen molar-refractivity contribution in [1.29, 1.82) is 0 Å². The molecule has 1 heterocycles. The summed E-state index contributed by atoms with van der Waals surface area (Å²) in [5.41, 5.74) is 0.491. The van der Waals surface area contributed by atoms with Gasteiger partial charge in [-0.25, -0.2) is 0 Å². The summed E-state index contributed by atoms with van der Waals surface area (Å²) in [7, 11) is 0. The fourth-order valence-electron chi connectivity index (χ4n) is 1.90. The molecule has 0 aromatic heterocycles. The minimum absolute atomic E-state index is 0.431. The van der Waals surface area contributed by atoms with Gasteiger partial charge in [-0.15, -0.1) is 0 Å². The third-order valence-electron chi connectivity index (χ3n) is 2.77. The second kappa shape index (κ2) is 2.26. The lowest BCUT2D eigenvalue weighted by Gasteiger charge is -2.20. The molecule has 56 valence electrons. The Bertz CT molecular complexity index is 149. The van der Waals surface area contributed by atoms with Crippen LogP contribution >= 0.6 is 11.8 Å². The van der Waals surface area contributed by atoms with E-state index in [9.17, 15) is 4.79 Å². The smallest absolute Gasteiger partial charge is 0.123 e. The molecule has 0 N–H and O–H groups in total. The second-order valence-corrected chi connectivity index (χ2v) is 4.57. The number of thioether (sulfide) groups is 1. The molecule has 0 amide bonds. The Morgan fingerprint density at radius 1 is 1.60 bits per heavy atom. The molecule has 2 unspecified atom stereocenters. The van der Waals surface area contributed by atoms with Crippen molar-refractivity contribution in [3.8, 4) is 0 Å². The van der Waals surface area contributed by atoms with Crippen LogP contribution in [-0.2, 0) is 4.79 Å². The third kappa shape index (κ3) is 0.895. The van der Waals surface area contributed by atoms with Gasteiger partial charge in [0.15, 0.2) is 0 Å². The molecule has 1 saturated heterocycles. The van der Waals surface area contributed by atoms with Crippen LogP contribution in [0.5, 0.6) is 0 Å². The number of aldehydes is 1. The van der Waals surface area contributed by atoms with Crippen molar-refractivity contribution < 1.29 is 4.79 Å². The maximum Gasteiger partial charge on any atom is 0.123 e. The molecule has 2 aliphatic rings. The Morgan fingerprint density at radius 3 is 3.00 bits per heavy atom. The average Bonchev–Trinajstić information content (AvgIpc) is 2.65. The fraction of sp³-hybridized carbons (Fsp3) is 0.875. The number of hydrogen-bond donors (Lipinski definition) is 0. The topological polar surface area (TPSA) is 17.1 Å². The van der Waals surface area contributed by atoms with E-state index in [-0.39, 0.29) is 0 Å². The molecule has 2 fully saturated rings. The van der Waals surface area contributed by atoms with Gasteiger partial charge >= 0.3 is 0 Å². The summed E-state index contributed by atoms with van der Waals surface area (Å²) in [5.74, 6) is 2.99. The summed E-state index contributed by atoms with van der Waals surface area (Å²) < 4.78 is 0. The largest absolute Gasteiger partial charge is 0.303 e. The molecule has 1 saturated carbocycles. The van der Waals surface area contributed by atoms with Gasteiger partial charge in [0.05, 0.1) is 0 Å². The fourth-order valence-corrected chi connectivity index (χ4v) is 3.27. The molecule has 1 aliphatic heterocycles. The van der Waals surface area contributed by atoms with Crippen LogP contribution in [0.1, 0.15) is 19.3 Å². The first-order valence-corrected chi connectivity index (χ1v) is 5.06. The van der Waals surface area contributed by atoms with E-state index in [0.29, 0.717) is 11.3 Å². The standard InChI is InChI=1S/C8H12OS/c9-5-7-4-8(7)2-1-3-10-6-8/h5,7H,1-4,6H2. The summed E-state index contributed by atoms with van der Waals surface area (Å²) in [6, 6.07) is 0. The quantitative estimate of drug-likeness (QED) is 0.538. The molecular weight excluding hydrogens is 144 g/mol. The van der Waals surface area contributed by atoms with Crippen molar-refractivity contribution in [2.45, 2.75) is 19.3 Å². The van der Waals surface area contributed by atoms with Crippen LogP contribution in [0, 0.1) is 11.3 Å². The Hall–Kier alpha value is 0.0200. The zero-order valence-electron chi connectivity index (χ0n) is 6.01. The van der Waals surface area contributed by atoms with Crippen LogP contribution in [0.25, 0.3) is 0 Å². The molecular formula is C8H12OS.